The molecule has 1 aliphatic heterocycles. The highest BCUT2D eigenvalue weighted by atomic mass is 32.2. The molecule has 5 nitrogen and oxygen atoms in total. The molecule has 1 rings (SSSR count). The van der Waals surface area contributed by atoms with Crippen LogP contribution in [-0.4, -0.2) is 55.4 Å². The summed E-state index contributed by atoms with van der Waals surface area (Å²) in [7, 11) is -2.83. The van der Waals surface area contributed by atoms with Gasteiger partial charge in [0.2, 0.25) is 0 Å². The maximum Gasteiger partial charge on any atom is 0.156 e. The molecule has 2 atom stereocenters. The van der Waals surface area contributed by atoms with Crippen LogP contribution in [-0.2, 0) is 9.84 Å². The third kappa shape index (κ3) is 3.60. The normalized spacial score (nSPS) is 28.9. The highest BCUT2D eigenvalue weighted by Crippen LogP contribution is 2.07. The zero-order chi connectivity index (χ0) is 9.90. The van der Waals surface area contributed by atoms with Gasteiger partial charge in [-0.25, -0.2) is 8.42 Å². The van der Waals surface area contributed by atoms with Gasteiger partial charge in [-0.3, -0.25) is 0 Å². The minimum absolute atomic E-state index is 0.0613. The Morgan fingerprint density at radius 3 is 2.69 bits per heavy atom. The van der Waals surface area contributed by atoms with Crippen molar-refractivity contribution in [3.63, 3.8) is 0 Å². The maximum atomic E-state index is 11.0. The van der Waals surface area contributed by atoms with Gasteiger partial charge >= 0.3 is 0 Å². The second kappa shape index (κ2) is 4.36. The minimum atomic E-state index is -2.83. The van der Waals surface area contributed by atoms with Crippen molar-refractivity contribution in [2.75, 3.05) is 24.7 Å². The zero-order valence-electron chi connectivity index (χ0n) is 7.39. The second-order valence-corrected chi connectivity index (χ2v) is 5.70. The third-order valence-corrected chi connectivity index (χ3v) is 4.01. The number of sulfone groups is 1. The second-order valence-electron chi connectivity index (χ2n) is 3.47. The Bertz CT molecular complexity index is 251. The molecule has 0 aromatic rings. The molecule has 0 aromatic heterocycles. The van der Waals surface area contributed by atoms with Crippen LogP contribution in [0.15, 0.2) is 0 Å². The first-order valence-corrected chi connectivity index (χ1v) is 6.18. The lowest BCUT2D eigenvalue weighted by Gasteiger charge is -2.09. The van der Waals surface area contributed by atoms with Crippen LogP contribution in [0.2, 0.25) is 0 Å². The molecule has 1 aliphatic rings. The largest absolute Gasteiger partial charge is 0.393 e. The summed E-state index contributed by atoms with van der Waals surface area (Å²) >= 11 is 0. The predicted molar refractivity (Wildman–Crippen MR) is 46.9 cm³/mol. The first kappa shape index (κ1) is 10.9. The van der Waals surface area contributed by atoms with Crippen LogP contribution < -0.4 is 5.32 Å². The molecule has 1 saturated heterocycles. The van der Waals surface area contributed by atoms with Gasteiger partial charge in [0.15, 0.2) is 9.84 Å². The van der Waals surface area contributed by atoms with Crippen LogP contribution in [0.5, 0.6) is 0 Å². The van der Waals surface area contributed by atoms with E-state index in [0.29, 0.717) is 13.0 Å². The van der Waals surface area contributed by atoms with E-state index in [1.807, 2.05) is 0 Å². The van der Waals surface area contributed by atoms with E-state index in [1.54, 1.807) is 5.32 Å². The molecule has 4 N–H and O–H groups in total. The number of quaternary nitrogens is 1. The summed E-state index contributed by atoms with van der Waals surface area (Å²) in [4.78, 5) is 0. The first-order valence-electron chi connectivity index (χ1n) is 4.36. The molecule has 6 heteroatoms. The van der Waals surface area contributed by atoms with Crippen LogP contribution >= 0.6 is 0 Å². The molecule has 0 saturated carbocycles. The van der Waals surface area contributed by atoms with Crippen molar-refractivity contribution in [2.24, 2.45) is 0 Å². The Hall–Kier alpha value is -0.170. The van der Waals surface area contributed by atoms with Crippen molar-refractivity contribution in [1.29, 1.82) is 0 Å². The van der Waals surface area contributed by atoms with E-state index in [1.165, 1.54) is 0 Å². The van der Waals surface area contributed by atoms with Gasteiger partial charge in [-0.2, -0.15) is 0 Å². The number of aliphatic hydroxyl groups excluding tert-OH is 2. The summed E-state index contributed by atoms with van der Waals surface area (Å²) in [5.41, 5.74) is 0. The summed E-state index contributed by atoms with van der Waals surface area (Å²) in [5, 5.41) is 19.3. The Kier molecular flexibility index (Phi) is 3.66. The van der Waals surface area contributed by atoms with Crippen LogP contribution in [0.1, 0.15) is 6.42 Å². The van der Waals surface area contributed by atoms with Gasteiger partial charge in [0.25, 0.3) is 0 Å². The fourth-order valence-electron chi connectivity index (χ4n) is 1.43. The van der Waals surface area contributed by atoms with Gasteiger partial charge in [0.1, 0.15) is 24.4 Å². The Morgan fingerprint density at radius 2 is 2.23 bits per heavy atom. The van der Waals surface area contributed by atoms with Crippen LogP contribution in [0.3, 0.4) is 0 Å². The van der Waals surface area contributed by atoms with E-state index < -0.39 is 15.9 Å². The van der Waals surface area contributed by atoms with E-state index in [4.69, 9.17) is 10.2 Å². The molecule has 0 amide bonds. The van der Waals surface area contributed by atoms with Gasteiger partial charge in [-0.1, -0.05) is 0 Å². The van der Waals surface area contributed by atoms with Crippen LogP contribution in [0.25, 0.3) is 0 Å². The number of rotatable bonds is 4. The number of aliphatic hydroxyl groups is 2. The molecule has 0 bridgehead atoms. The van der Waals surface area contributed by atoms with E-state index in [0.717, 1.165) is 0 Å². The molecule has 13 heavy (non-hydrogen) atoms. The summed E-state index contributed by atoms with van der Waals surface area (Å²) in [6.07, 6.45) is -0.0937. The summed E-state index contributed by atoms with van der Waals surface area (Å²) in [6, 6.07) is 0.0613. The lowest BCUT2D eigenvalue weighted by atomic mass is 10.2. The molecule has 0 spiro atoms. The topological polar surface area (TPSA) is 91.2 Å². The average molecular weight is 210 g/mol. The SMILES string of the molecule is O=S1(=O)CC[C@H]([NH2+]C[C@@H](O)CO)C1. The van der Waals surface area contributed by atoms with E-state index in [-0.39, 0.29) is 24.2 Å². The molecular formula is C7H16NO4S+. The summed E-state index contributed by atoms with van der Waals surface area (Å²) in [5.74, 6) is 0.453. The monoisotopic (exact) mass is 210 g/mol. The molecule has 1 fully saturated rings. The van der Waals surface area contributed by atoms with Crippen LogP contribution in [0.4, 0.5) is 0 Å². The quantitative estimate of drug-likeness (QED) is 0.464. The predicted octanol–water partition coefficient (Wildman–Crippen LogP) is -2.91. The standard InChI is InChI=1S/C7H15NO4S/c9-4-7(10)3-8-6-1-2-13(11,12)5-6/h6-10H,1-5H2/p+1/t6-,7+/m0/s1. The fourth-order valence-corrected chi connectivity index (χ4v) is 3.22. The Morgan fingerprint density at radius 1 is 1.54 bits per heavy atom. The van der Waals surface area contributed by atoms with Crippen molar-refractivity contribution in [3.8, 4) is 0 Å². The van der Waals surface area contributed by atoms with Crippen molar-refractivity contribution in [1.82, 2.24) is 0 Å². The van der Waals surface area contributed by atoms with Crippen molar-refractivity contribution in [3.05, 3.63) is 0 Å². The van der Waals surface area contributed by atoms with Crippen molar-refractivity contribution < 1.29 is 23.9 Å². The summed E-state index contributed by atoms with van der Waals surface area (Å²) < 4.78 is 22.0. The van der Waals surface area contributed by atoms with Gasteiger partial charge in [0, 0.05) is 6.42 Å². The molecule has 0 aliphatic carbocycles. The molecule has 78 valence electrons. The lowest BCUT2D eigenvalue weighted by molar-refractivity contribution is -0.690. The Labute approximate surface area is 77.7 Å². The fraction of sp³-hybridized carbons (Fsp3) is 1.00. The highest BCUT2D eigenvalue weighted by molar-refractivity contribution is 7.91. The van der Waals surface area contributed by atoms with E-state index in [9.17, 15) is 8.42 Å². The van der Waals surface area contributed by atoms with Crippen LogP contribution in [0, 0.1) is 0 Å². The van der Waals surface area contributed by atoms with Crippen molar-refractivity contribution in [2.45, 2.75) is 18.6 Å². The number of hydrogen-bond donors (Lipinski definition) is 3. The molecule has 0 radical (unpaired) electrons. The molecule has 0 aromatic carbocycles. The molecular weight excluding hydrogens is 194 g/mol. The number of hydrogen-bond acceptors (Lipinski definition) is 4. The average Bonchev–Trinajstić information content (AvgIpc) is 2.41. The molecule has 0 unspecified atom stereocenters. The molecule has 1 heterocycles. The zero-order valence-corrected chi connectivity index (χ0v) is 8.20. The first-order chi connectivity index (χ1) is 6.03. The number of nitrogens with two attached hydrogens (primary N) is 1. The van der Waals surface area contributed by atoms with Gasteiger partial charge < -0.3 is 15.5 Å². The van der Waals surface area contributed by atoms with Gasteiger partial charge in [0.05, 0.1) is 12.4 Å². The Balaban J connectivity index is 2.25. The summed E-state index contributed by atoms with van der Waals surface area (Å²) in [6.45, 7) is 0.104. The maximum absolute atomic E-state index is 11.0. The van der Waals surface area contributed by atoms with Gasteiger partial charge in [-0.05, 0) is 0 Å². The highest BCUT2D eigenvalue weighted by Gasteiger charge is 2.30. The minimum Gasteiger partial charge on any atom is -0.393 e. The van der Waals surface area contributed by atoms with E-state index >= 15 is 0 Å². The van der Waals surface area contributed by atoms with Crippen molar-refractivity contribution >= 4 is 9.84 Å². The third-order valence-electron chi connectivity index (χ3n) is 2.22. The van der Waals surface area contributed by atoms with E-state index in [2.05, 4.69) is 0 Å². The van der Waals surface area contributed by atoms with Gasteiger partial charge in [-0.15, -0.1) is 0 Å². The lowest BCUT2D eigenvalue weighted by Crippen LogP contribution is -2.92. The smallest absolute Gasteiger partial charge is 0.156 e.